The molecule has 0 spiro atoms. The summed E-state index contributed by atoms with van der Waals surface area (Å²) in [6.07, 6.45) is 8.71. The first-order chi connectivity index (χ1) is 7.74. The van der Waals surface area contributed by atoms with Crippen LogP contribution in [-0.4, -0.2) is 14.5 Å². The van der Waals surface area contributed by atoms with E-state index in [2.05, 4.69) is 46.2 Å². The van der Waals surface area contributed by atoms with Gasteiger partial charge in [0.25, 0.3) is 0 Å². The van der Waals surface area contributed by atoms with Gasteiger partial charge in [-0.25, -0.2) is 4.98 Å². The highest BCUT2D eigenvalue weighted by Crippen LogP contribution is 2.32. The molecule has 1 atom stereocenters. The smallest absolute Gasteiger partial charge is 0.148 e. The van der Waals surface area contributed by atoms with E-state index < -0.39 is 0 Å². The summed E-state index contributed by atoms with van der Waals surface area (Å²) in [5, 5.41) is 3.42. The van der Waals surface area contributed by atoms with Crippen molar-refractivity contribution >= 4 is 5.82 Å². The third-order valence-electron chi connectivity index (χ3n) is 3.05. The van der Waals surface area contributed by atoms with Crippen molar-refractivity contribution in [3.8, 4) is 0 Å². The van der Waals surface area contributed by atoms with Crippen molar-refractivity contribution in [1.29, 1.82) is 0 Å². The van der Waals surface area contributed by atoms with Crippen LogP contribution >= 0.6 is 0 Å². The molecule has 1 unspecified atom stereocenters. The first-order valence-electron chi connectivity index (χ1n) is 5.43. The molecule has 82 valence electrons. The molecule has 1 aliphatic rings. The molecule has 0 bridgehead atoms. The van der Waals surface area contributed by atoms with Crippen LogP contribution in [0.3, 0.4) is 0 Å². The van der Waals surface area contributed by atoms with E-state index in [1.54, 1.807) is 12.4 Å². The van der Waals surface area contributed by atoms with E-state index >= 15 is 0 Å². The number of hydrogen-bond donors (Lipinski definition) is 1. The average molecular weight is 214 g/mol. The van der Waals surface area contributed by atoms with E-state index in [0.29, 0.717) is 6.04 Å². The lowest BCUT2D eigenvalue weighted by Gasteiger charge is -2.09. The van der Waals surface area contributed by atoms with Crippen LogP contribution in [0, 0.1) is 6.92 Å². The van der Waals surface area contributed by atoms with Crippen LogP contribution in [-0.2, 0) is 13.5 Å². The van der Waals surface area contributed by atoms with E-state index in [1.165, 1.54) is 11.1 Å². The second-order valence-electron chi connectivity index (χ2n) is 4.31. The molecule has 0 fully saturated rings. The number of rotatable bonds is 1. The van der Waals surface area contributed by atoms with Crippen LogP contribution in [0.5, 0.6) is 0 Å². The van der Waals surface area contributed by atoms with Crippen molar-refractivity contribution in [1.82, 2.24) is 14.5 Å². The highest BCUT2D eigenvalue weighted by molar-refractivity contribution is 5.50. The Hall–Kier alpha value is -1.84. The summed E-state index contributed by atoms with van der Waals surface area (Å²) < 4.78 is 2.09. The number of aryl methyl sites for hydroxylation is 2. The zero-order valence-electron chi connectivity index (χ0n) is 9.44. The quantitative estimate of drug-likeness (QED) is 0.787. The molecule has 2 aromatic heterocycles. The van der Waals surface area contributed by atoms with Gasteiger partial charge in [0.1, 0.15) is 5.82 Å². The van der Waals surface area contributed by atoms with E-state index in [4.69, 9.17) is 0 Å². The molecular weight excluding hydrogens is 200 g/mol. The summed E-state index contributed by atoms with van der Waals surface area (Å²) in [6, 6.07) is 0.318. The van der Waals surface area contributed by atoms with Crippen LogP contribution in [0.15, 0.2) is 24.8 Å². The number of nitrogens with zero attached hydrogens (tertiary/aromatic N) is 3. The minimum Gasteiger partial charge on any atom is -0.361 e. The van der Waals surface area contributed by atoms with Crippen LogP contribution in [0.1, 0.15) is 22.9 Å². The number of aromatic nitrogens is 3. The third kappa shape index (κ3) is 1.38. The van der Waals surface area contributed by atoms with Crippen molar-refractivity contribution in [3.63, 3.8) is 0 Å². The molecular formula is C12H14N4. The Labute approximate surface area is 94.4 Å². The molecule has 4 nitrogen and oxygen atoms in total. The molecule has 0 aromatic carbocycles. The van der Waals surface area contributed by atoms with Gasteiger partial charge in [-0.05, 0) is 18.1 Å². The number of nitrogens with one attached hydrogen (secondary N) is 1. The van der Waals surface area contributed by atoms with Gasteiger partial charge in [0.15, 0.2) is 0 Å². The molecule has 3 heterocycles. The third-order valence-corrected chi connectivity index (χ3v) is 3.05. The molecule has 16 heavy (non-hydrogen) atoms. The molecule has 0 aliphatic carbocycles. The van der Waals surface area contributed by atoms with Gasteiger partial charge in [0.05, 0.1) is 11.7 Å². The fourth-order valence-electron chi connectivity index (χ4n) is 2.34. The van der Waals surface area contributed by atoms with Crippen molar-refractivity contribution in [2.24, 2.45) is 7.05 Å². The molecule has 3 rings (SSSR count). The molecule has 1 N–H and O–H groups in total. The molecule has 2 aromatic rings. The van der Waals surface area contributed by atoms with Gasteiger partial charge in [-0.15, -0.1) is 0 Å². The van der Waals surface area contributed by atoms with Gasteiger partial charge in [-0.1, -0.05) is 0 Å². The van der Waals surface area contributed by atoms with E-state index in [9.17, 15) is 0 Å². The summed E-state index contributed by atoms with van der Waals surface area (Å²) in [5.74, 6) is 0.927. The molecule has 1 aliphatic heterocycles. The predicted octanol–water partition coefficient (Wildman–Crippen LogP) is 1.83. The second-order valence-corrected chi connectivity index (χ2v) is 4.31. The summed E-state index contributed by atoms with van der Waals surface area (Å²) >= 11 is 0. The van der Waals surface area contributed by atoms with Crippen molar-refractivity contribution < 1.29 is 0 Å². The Kier molecular flexibility index (Phi) is 1.96. The van der Waals surface area contributed by atoms with E-state index in [0.717, 1.165) is 17.9 Å². The lowest BCUT2D eigenvalue weighted by molar-refractivity contribution is 0.798. The summed E-state index contributed by atoms with van der Waals surface area (Å²) in [7, 11) is 2.05. The summed E-state index contributed by atoms with van der Waals surface area (Å²) in [4.78, 5) is 8.63. The number of hydrogen-bond acceptors (Lipinski definition) is 3. The molecule has 0 saturated carbocycles. The first-order valence-corrected chi connectivity index (χ1v) is 5.43. The maximum absolute atomic E-state index is 4.34. The van der Waals surface area contributed by atoms with Gasteiger partial charge in [0, 0.05) is 38.3 Å². The Morgan fingerprint density at radius 1 is 1.31 bits per heavy atom. The van der Waals surface area contributed by atoms with E-state index in [-0.39, 0.29) is 0 Å². The number of fused-ring (bicyclic) bond motifs is 1. The van der Waals surface area contributed by atoms with Crippen LogP contribution < -0.4 is 5.32 Å². The Morgan fingerprint density at radius 3 is 2.81 bits per heavy atom. The van der Waals surface area contributed by atoms with Gasteiger partial charge in [-0.2, -0.15) is 0 Å². The highest BCUT2D eigenvalue weighted by atomic mass is 15.1. The van der Waals surface area contributed by atoms with Gasteiger partial charge in [0.2, 0.25) is 0 Å². The summed E-state index contributed by atoms with van der Waals surface area (Å²) in [5.41, 5.74) is 3.71. The minimum absolute atomic E-state index is 0.318. The van der Waals surface area contributed by atoms with Gasteiger partial charge < -0.3 is 9.88 Å². The van der Waals surface area contributed by atoms with Crippen LogP contribution in [0.25, 0.3) is 0 Å². The van der Waals surface area contributed by atoms with Gasteiger partial charge >= 0.3 is 0 Å². The standard InChI is InChI=1S/C12H14N4/c1-8-6-16(2)7-9(8)10-5-11-12(15-10)14-4-3-13-11/h3-4,6-7,10H,5H2,1-2H3,(H,14,15). The normalized spacial score (nSPS) is 18.2. The molecule has 0 radical (unpaired) electrons. The Balaban J connectivity index is 1.94. The maximum atomic E-state index is 4.34. The largest absolute Gasteiger partial charge is 0.361 e. The Morgan fingerprint density at radius 2 is 2.12 bits per heavy atom. The Bertz CT molecular complexity index is 505. The maximum Gasteiger partial charge on any atom is 0.148 e. The van der Waals surface area contributed by atoms with Gasteiger partial charge in [-0.3, -0.25) is 4.98 Å². The van der Waals surface area contributed by atoms with Crippen LogP contribution in [0.2, 0.25) is 0 Å². The zero-order valence-corrected chi connectivity index (χ0v) is 9.44. The zero-order chi connectivity index (χ0) is 11.1. The number of anilines is 1. The van der Waals surface area contributed by atoms with Crippen molar-refractivity contribution in [3.05, 3.63) is 41.6 Å². The first kappa shape index (κ1) is 9.39. The fraction of sp³-hybridized carbons (Fsp3) is 0.333. The molecule has 0 amide bonds. The lowest BCUT2D eigenvalue weighted by atomic mass is 10.1. The van der Waals surface area contributed by atoms with E-state index in [1.807, 2.05) is 0 Å². The highest BCUT2D eigenvalue weighted by Gasteiger charge is 2.25. The fourth-order valence-corrected chi connectivity index (χ4v) is 2.34. The minimum atomic E-state index is 0.318. The summed E-state index contributed by atoms with van der Waals surface area (Å²) in [6.45, 7) is 2.14. The monoisotopic (exact) mass is 214 g/mol. The van der Waals surface area contributed by atoms with Crippen LogP contribution in [0.4, 0.5) is 5.82 Å². The average Bonchev–Trinajstić information content (AvgIpc) is 2.81. The lowest BCUT2D eigenvalue weighted by Crippen LogP contribution is -2.06. The topological polar surface area (TPSA) is 42.7 Å². The predicted molar refractivity (Wildman–Crippen MR) is 62.2 cm³/mol. The SMILES string of the molecule is Cc1cn(C)cc1C1Cc2nccnc2N1. The second kappa shape index (κ2) is 3.33. The van der Waals surface area contributed by atoms with Crippen molar-refractivity contribution in [2.45, 2.75) is 19.4 Å². The molecule has 0 saturated heterocycles. The molecule has 4 heteroatoms. The van der Waals surface area contributed by atoms with Crippen molar-refractivity contribution in [2.75, 3.05) is 5.32 Å².